The van der Waals surface area contributed by atoms with Gasteiger partial charge in [-0.15, -0.1) is 6.42 Å². The van der Waals surface area contributed by atoms with E-state index in [1.807, 2.05) is 32.0 Å². The molecular weight excluding hydrogens is 242 g/mol. The predicted octanol–water partition coefficient (Wildman–Crippen LogP) is 1.44. The zero-order valence-electron chi connectivity index (χ0n) is 11.6. The van der Waals surface area contributed by atoms with Gasteiger partial charge < -0.3 is 14.6 Å². The molecule has 0 aliphatic rings. The second-order valence-corrected chi connectivity index (χ2v) is 4.79. The van der Waals surface area contributed by atoms with Crippen molar-refractivity contribution in [1.82, 2.24) is 5.32 Å². The molecule has 0 saturated heterocycles. The Morgan fingerprint density at radius 2 is 2.11 bits per heavy atom. The van der Waals surface area contributed by atoms with Crippen LogP contribution in [0.15, 0.2) is 24.3 Å². The number of nitrogens with one attached hydrogen (secondary N) is 1. The van der Waals surface area contributed by atoms with E-state index in [2.05, 4.69) is 11.2 Å². The number of aliphatic hydroxyl groups is 1. The normalized spacial score (nSPS) is 12.6. The molecule has 104 valence electrons. The van der Waals surface area contributed by atoms with Crippen molar-refractivity contribution in [3.8, 4) is 23.8 Å². The van der Waals surface area contributed by atoms with Gasteiger partial charge in [0.15, 0.2) is 0 Å². The molecule has 0 aliphatic carbocycles. The van der Waals surface area contributed by atoms with Crippen molar-refractivity contribution in [2.24, 2.45) is 0 Å². The van der Waals surface area contributed by atoms with Crippen molar-refractivity contribution in [2.45, 2.75) is 25.5 Å². The highest BCUT2D eigenvalue weighted by Gasteiger charge is 2.15. The Morgan fingerprint density at radius 1 is 1.42 bits per heavy atom. The summed E-state index contributed by atoms with van der Waals surface area (Å²) < 4.78 is 10.6. The van der Waals surface area contributed by atoms with Crippen LogP contribution in [-0.2, 0) is 0 Å². The summed E-state index contributed by atoms with van der Waals surface area (Å²) in [6.45, 7) is 4.33. The van der Waals surface area contributed by atoms with Gasteiger partial charge in [-0.25, -0.2) is 0 Å². The first-order chi connectivity index (χ1) is 8.96. The summed E-state index contributed by atoms with van der Waals surface area (Å²) in [5.41, 5.74) is -0.434. The molecule has 0 radical (unpaired) electrons. The summed E-state index contributed by atoms with van der Waals surface area (Å²) in [7, 11) is 1.60. The average Bonchev–Trinajstić information content (AvgIpc) is 2.43. The third-order valence-electron chi connectivity index (χ3n) is 2.62. The van der Waals surface area contributed by atoms with Crippen molar-refractivity contribution >= 4 is 0 Å². The highest BCUT2D eigenvalue weighted by molar-refractivity contribution is 5.32. The van der Waals surface area contributed by atoms with Gasteiger partial charge in [-0.2, -0.15) is 0 Å². The Balaban J connectivity index is 2.38. The van der Waals surface area contributed by atoms with Crippen molar-refractivity contribution in [2.75, 3.05) is 20.3 Å². The molecule has 0 saturated carbocycles. The lowest BCUT2D eigenvalue weighted by Gasteiger charge is -2.22. The van der Waals surface area contributed by atoms with Gasteiger partial charge in [0, 0.05) is 12.6 Å². The number of hydrogen-bond donors (Lipinski definition) is 2. The minimum atomic E-state index is -0.626. The number of β-amino-alcohol motifs (C(OH)–C–C–N with tert-alkyl or cyclic N) is 1. The second-order valence-electron chi connectivity index (χ2n) is 4.79. The molecule has 1 atom stereocenters. The van der Waals surface area contributed by atoms with Crippen LogP contribution in [0.2, 0.25) is 0 Å². The van der Waals surface area contributed by atoms with E-state index < -0.39 is 11.6 Å². The maximum Gasteiger partial charge on any atom is 0.123 e. The Bertz CT molecular complexity index is 437. The van der Waals surface area contributed by atoms with Gasteiger partial charge in [-0.3, -0.25) is 5.32 Å². The summed E-state index contributed by atoms with van der Waals surface area (Å²) in [5, 5.41) is 12.9. The average molecular weight is 263 g/mol. The fourth-order valence-electron chi connectivity index (χ4n) is 1.37. The molecule has 19 heavy (non-hydrogen) atoms. The van der Waals surface area contributed by atoms with Crippen LogP contribution in [0.1, 0.15) is 13.8 Å². The molecule has 4 heteroatoms. The van der Waals surface area contributed by atoms with E-state index in [9.17, 15) is 5.11 Å². The van der Waals surface area contributed by atoms with E-state index in [-0.39, 0.29) is 6.61 Å². The molecule has 0 aliphatic heterocycles. The molecular formula is C15H21NO3. The first-order valence-corrected chi connectivity index (χ1v) is 6.14. The van der Waals surface area contributed by atoms with Gasteiger partial charge in [0.05, 0.1) is 12.6 Å². The monoisotopic (exact) mass is 263 g/mol. The maximum absolute atomic E-state index is 9.81. The predicted molar refractivity (Wildman–Crippen MR) is 75.4 cm³/mol. The van der Waals surface area contributed by atoms with Crippen molar-refractivity contribution in [3.63, 3.8) is 0 Å². The zero-order valence-corrected chi connectivity index (χ0v) is 11.6. The maximum atomic E-state index is 9.81. The minimum Gasteiger partial charge on any atom is -0.497 e. The fraction of sp³-hybridized carbons (Fsp3) is 0.467. The number of hydrogen-bond acceptors (Lipinski definition) is 4. The largest absolute Gasteiger partial charge is 0.497 e. The lowest BCUT2D eigenvalue weighted by Crippen LogP contribution is -2.43. The molecule has 1 rings (SSSR count). The topological polar surface area (TPSA) is 50.7 Å². The molecule has 0 heterocycles. The van der Waals surface area contributed by atoms with Gasteiger partial charge in [0.2, 0.25) is 0 Å². The minimum absolute atomic E-state index is 0.195. The van der Waals surface area contributed by atoms with Crippen LogP contribution in [0.25, 0.3) is 0 Å². The van der Waals surface area contributed by atoms with E-state index in [4.69, 9.17) is 15.9 Å². The summed E-state index contributed by atoms with van der Waals surface area (Å²) in [4.78, 5) is 0. The molecule has 0 amide bonds. The lowest BCUT2D eigenvalue weighted by atomic mass is 10.1. The lowest BCUT2D eigenvalue weighted by molar-refractivity contribution is 0.102. The summed E-state index contributed by atoms with van der Waals surface area (Å²) >= 11 is 0. The number of aliphatic hydroxyl groups excluding tert-OH is 1. The first-order valence-electron chi connectivity index (χ1n) is 6.14. The van der Waals surface area contributed by atoms with Crippen LogP contribution in [-0.4, -0.2) is 37.0 Å². The van der Waals surface area contributed by atoms with Gasteiger partial charge in [-0.1, -0.05) is 12.0 Å². The Hall–Kier alpha value is -1.70. The fourth-order valence-corrected chi connectivity index (χ4v) is 1.37. The smallest absolute Gasteiger partial charge is 0.123 e. The zero-order chi connectivity index (χ0) is 14.3. The van der Waals surface area contributed by atoms with E-state index in [1.165, 1.54) is 0 Å². The van der Waals surface area contributed by atoms with E-state index in [0.717, 1.165) is 5.75 Å². The molecule has 1 unspecified atom stereocenters. The summed E-state index contributed by atoms with van der Waals surface area (Å²) in [6, 6.07) is 7.25. The van der Waals surface area contributed by atoms with E-state index >= 15 is 0 Å². The van der Waals surface area contributed by atoms with Crippen LogP contribution in [0, 0.1) is 12.3 Å². The first kappa shape index (κ1) is 15.4. The van der Waals surface area contributed by atoms with Gasteiger partial charge in [0.1, 0.15) is 24.2 Å². The molecule has 1 aromatic carbocycles. The highest BCUT2D eigenvalue weighted by Crippen LogP contribution is 2.18. The van der Waals surface area contributed by atoms with Crippen LogP contribution >= 0.6 is 0 Å². The standard InChI is InChI=1S/C15H21NO3/c1-5-15(2,3)16-10-12(17)11-19-14-8-6-7-13(9-14)18-4/h1,6-9,12,16-17H,10-11H2,2-4H3. The molecule has 0 aromatic heterocycles. The molecule has 4 nitrogen and oxygen atoms in total. The summed E-state index contributed by atoms with van der Waals surface area (Å²) in [5.74, 6) is 3.99. The van der Waals surface area contributed by atoms with Crippen molar-refractivity contribution in [3.05, 3.63) is 24.3 Å². The Kier molecular flexibility index (Phi) is 5.68. The third kappa shape index (κ3) is 5.64. The van der Waals surface area contributed by atoms with Gasteiger partial charge in [-0.05, 0) is 26.0 Å². The number of ether oxygens (including phenoxy) is 2. The Morgan fingerprint density at radius 3 is 2.74 bits per heavy atom. The van der Waals surface area contributed by atoms with Crippen LogP contribution < -0.4 is 14.8 Å². The van der Waals surface area contributed by atoms with Crippen LogP contribution in [0.4, 0.5) is 0 Å². The Labute approximate surface area is 114 Å². The van der Waals surface area contributed by atoms with Crippen molar-refractivity contribution < 1.29 is 14.6 Å². The molecule has 2 N–H and O–H groups in total. The van der Waals surface area contributed by atoms with Gasteiger partial charge >= 0.3 is 0 Å². The van der Waals surface area contributed by atoms with E-state index in [1.54, 1.807) is 13.2 Å². The second kappa shape index (κ2) is 7.03. The van der Waals surface area contributed by atoms with Crippen LogP contribution in [0.5, 0.6) is 11.5 Å². The molecule has 0 spiro atoms. The number of terminal acetylenes is 1. The number of benzene rings is 1. The molecule has 1 aromatic rings. The molecule has 0 fully saturated rings. The number of rotatable bonds is 7. The highest BCUT2D eigenvalue weighted by atomic mass is 16.5. The molecule has 0 bridgehead atoms. The van der Waals surface area contributed by atoms with Crippen molar-refractivity contribution in [1.29, 1.82) is 0 Å². The third-order valence-corrected chi connectivity index (χ3v) is 2.62. The SMILES string of the molecule is C#CC(C)(C)NCC(O)COc1cccc(OC)c1. The van der Waals surface area contributed by atoms with Gasteiger partial charge in [0.25, 0.3) is 0 Å². The quantitative estimate of drug-likeness (QED) is 0.731. The van der Waals surface area contributed by atoms with Crippen LogP contribution in [0.3, 0.4) is 0 Å². The number of methoxy groups -OCH3 is 1. The summed E-state index contributed by atoms with van der Waals surface area (Å²) in [6.07, 6.45) is 4.72. The van der Waals surface area contributed by atoms with E-state index in [0.29, 0.717) is 12.3 Å².